The predicted octanol–water partition coefficient (Wildman–Crippen LogP) is 4.54. The first-order valence-electron chi connectivity index (χ1n) is 12.2. The minimum Gasteiger partial charge on any atom is -0.495 e. The van der Waals surface area contributed by atoms with Crippen LogP contribution < -0.4 is 14.4 Å². The second-order valence-electron chi connectivity index (χ2n) is 8.84. The molecule has 0 heterocycles. The lowest BCUT2D eigenvalue weighted by molar-refractivity contribution is -0.140. The van der Waals surface area contributed by atoms with Crippen LogP contribution in [0.5, 0.6) is 5.75 Å². The van der Waals surface area contributed by atoms with Gasteiger partial charge >= 0.3 is 0 Å². The Labute approximate surface area is 239 Å². The Morgan fingerprint density at radius 2 is 1.62 bits per heavy atom. The Balaban J connectivity index is 2.08. The van der Waals surface area contributed by atoms with Crippen molar-refractivity contribution < 1.29 is 22.7 Å². The van der Waals surface area contributed by atoms with Gasteiger partial charge in [-0.3, -0.25) is 13.9 Å². The number of nitrogens with one attached hydrogen (secondary N) is 1. The van der Waals surface area contributed by atoms with Gasteiger partial charge in [-0.25, -0.2) is 8.42 Å². The molecule has 0 bridgehead atoms. The number of methoxy groups -OCH3 is 1. The van der Waals surface area contributed by atoms with E-state index in [4.69, 9.17) is 27.9 Å². The molecular formula is C28H31Cl2N3O5S. The summed E-state index contributed by atoms with van der Waals surface area (Å²) in [7, 11) is -2.57. The molecule has 0 saturated carbocycles. The van der Waals surface area contributed by atoms with E-state index in [0.29, 0.717) is 17.1 Å². The lowest BCUT2D eigenvalue weighted by atomic mass is 10.0. The van der Waals surface area contributed by atoms with E-state index < -0.39 is 28.5 Å². The summed E-state index contributed by atoms with van der Waals surface area (Å²) >= 11 is 12.4. The summed E-state index contributed by atoms with van der Waals surface area (Å²) in [6, 6.07) is 19.8. The summed E-state index contributed by atoms with van der Waals surface area (Å²) in [5.41, 5.74) is 1.64. The molecule has 2 amide bonds. The molecule has 0 fully saturated rings. The third kappa shape index (κ3) is 8.36. The van der Waals surface area contributed by atoms with Gasteiger partial charge in [0.2, 0.25) is 21.8 Å². The van der Waals surface area contributed by atoms with Crippen LogP contribution in [0.2, 0.25) is 10.0 Å². The number of carbonyl (C=O) groups excluding carboxylic acids is 2. The molecule has 0 radical (unpaired) electrons. The lowest BCUT2D eigenvalue weighted by Crippen LogP contribution is -2.53. The van der Waals surface area contributed by atoms with Crippen molar-refractivity contribution in [1.29, 1.82) is 0 Å². The smallest absolute Gasteiger partial charge is 0.244 e. The van der Waals surface area contributed by atoms with Crippen LogP contribution in [0.25, 0.3) is 0 Å². The van der Waals surface area contributed by atoms with E-state index in [1.165, 1.54) is 24.1 Å². The molecule has 0 aliphatic carbocycles. The molecule has 0 aliphatic rings. The normalized spacial score (nSPS) is 11.9. The number of ether oxygens (including phenoxy) is 1. The van der Waals surface area contributed by atoms with Crippen LogP contribution >= 0.6 is 23.2 Å². The molecule has 39 heavy (non-hydrogen) atoms. The first-order chi connectivity index (χ1) is 18.5. The van der Waals surface area contributed by atoms with Gasteiger partial charge in [0, 0.05) is 29.6 Å². The summed E-state index contributed by atoms with van der Waals surface area (Å²) in [6.07, 6.45) is 1.21. The van der Waals surface area contributed by atoms with Crippen molar-refractivity contribution in [2.45, 2.75) is 25.9 Å². The van der Waals surface area contributed by atoms with Crippen molar-refractivity contribution in [2.24, 2.45) is 0 Å². The SMILES string of the molecule is CCNC(=O)[C@@H](Cc1ccccc1)N(Cc1cccc(Cl)c1)C(=O)CN(c1cc(Cl)ccc1OC)S(C)(=O)=O. The summed E-state index contributed by atoms with van der Waals surface area (Å²) in [4.78, 5) is 28.8. The zero-order valence-corrected chi connectivity index (χ0v) is 24.3. The van der Waals surface area contributed by atoms with Gasteiger partial charge in [0.15, 0.2) is 0 Å². The first kappa shape index (κ1) is 30.3. The number of rotatable bonds is 12. The summed E-state index contributed by atoms with van der Waals surface area (Å²) in [5.74, 6) is -0.721. The Hall–Kier alpha value is -3.27. The fourth-order valence-electron chi connectivity index (χ4n) is 4.13. The number of sulfonamides is 1. The maximum atomic E-state index is 14.0. The summed E-state index contributed by atoms with van der Waals surface area (Å²) < 4.78 is 32.1. The van der Waals surface area contributed by atoms with Gasteiger partial charge in [-0.2, -0.15) is 0 Å². The fraction of sp³-hybridized carbons (Fsp3) is 0.286. The van der Waals surface area contributed by atoms with Crippen molar-refractivity contribution in [3.63, 3.8) is 0 Å². The standard InChI is InChI=1S/C28H31Cl2N3O5S/c1-4-31-28(35)25(16-20-9-6-5-7-10-20)32(18-21-11-8-12-22(29)15-21)27(34)19-33(39(3,36)37)24-17-23(30)13-14-26(24)38-2/h5-15,17,25H,4,16,18-19H2,1-3H3,(H,31,35)/t25-/m1/s1. The topological polar surface area (TPSA) is 96.0 Å². The highest BCUT2D eigenvalue weighted by Gasteiger charge is 2.33. The van der Waals surface area contributed by atoms with Gasteiger partial charge < -0.3 is 15.0 Å². The summed E-state index contributed by atoms with van der Waals surface area (Å²) in [6.45, 7) is 1.59. The van der Waals surface area contributed by atoms with Gasteiger partial charge in [-0.1, -0.05) is 65.7 Å². The molecule has 208 valence electrons. The van der Waals surface area contributed by atoms with Gasteiger partial charge in [0.1, 0.15) is 18.3 Å². The third-order valence-corrected chi connectivity index (χ3v) is 7.55. The molecule has 0 aliphatic heterocycles. The van der Waals surface area contributed by atoms with Crippen LogP contribution in [0, 0.1) is 0 Å². The minimum atomic E-state index is -3.97. The Kier molecular flexibility index (Phi) is 10.6. The molecule has 0 saturated heterocycles. The van der Waals surface area contributed by atoms with E-state index in [2.05, 4.69) is 5.32 Å². The fourth-order valence-corrected chi connectivity index (χ4v) is 5.35. The molecule has 3 aromatic carbocycles. The predicted molar refractivity (Wildman–Crippen MR) is 155 cm³/mol. The number of halogens is 2. The van der Waals surface area contributed by atoms with Crippen LogP contribution in [-0.4, -0.2) is 57.6 Å². The largest absolute Gasteiger partial charge is 0.495 e. The highest BCUT2D eigenvalue weighted by molar-refractivity contribution is 7.92. The average Bonchev–Trinajstić information content (AvgIpc) is 2.89. The maximum absolute atomic E-state index is 14.0. The van der Waals surface area contributed by atoms with Crippen molar-refractivity contribution in [1.82, 2.24) is 10.2 Å². The minimum absolute atomic E-state index is 0.0261. The molecule has 8 nitrogen and oxygen atoms in total. The number of carbonyl (C=O) groups is 2. The van der Waals surface area contributed by atoms with Crippen molar-refractivity contribution >= 4 is 50.7 Å². The Bertz CT molecular complexity index is 1400. The molecule has 1 N–H and O–H groups in total. The number of hydrogen-bond donors (Lipinski definition) is 1. The van der Waals surface area contributed by atoms with Gasteiger partial charge in [0.05, 0.1) is 19.1 Å². The Morgan fingerprint density at radius 1 is 0.949 bits per heavy atom. The van der Waals surface area contributed by atoms with E-state index in [1.54, 1.807) is 37.3 Å². The highest BCUT2D eigenvalue weighted by atomic mass is 35.5. The van der Waals surface area contributed by atoms with Gasteiger partial charge in [0.25, 0.3) is 0 Å². The van der Waals surface area contributed by atoms with Crippen LogP contribution in [-0.2, 0) is 32.6 Å². The molecule has 11 heteroatoms. The van der Waals surface area contributed by atoms with E-state index in [9.17, 15) is 18.0 Å². The number of amides is 2. The van der Waals surface area contributed by atoms with E-state index in [1.807, 2.05) is 30.3 Å². The van der Waals surface area contributed by atoms with E-state index in [0.717, 1.165) is 16.1 Å². The number of nitrogens with zero attached hydrogens (tertiary/aromatic N) is 2. The van der Waals surface area contributed by atoms with Crippen LogP contribution in [0.3, 0.4) is 0 Å². The van der Waals surface area contributed by atoms with Crippen molar-refractivity contribution in [2.75, 3.05) is 30.8 Å². The van der Waals surface area contributed by atoms with Crippen LogP contribution in [0.15, 0.2) is 72.8 Å². The molecule has 3 rings (SSSR count). The highest BCUT2D eigenvalue weighted by Crippen LogP contribution is 2.33. The maximum Gasteiger partial charge on any atom is 0.244 e. The number of anilines is 1. The van der Waals surface area contributed by atoms with Crippen LogP contribution in [0.4, 0.5) is 5.69 Å². The zero-order valence-electron chi connectivity index (χ0n) is 21.9. The molecular weight excluding hydrogens is 561 g/mol. The molecule has 0 unspecified atom stereocenters. The quantitative estimate of drug-likeness (QED) is 0.333. The second-order valence-corrected chi connectivity index (χ2v) is 11.6. The van der Waals surface area contributed by atoms with E-state index >= 15 is 0 Å². The van der Waals surface area contributed by atoms with Crippen LogP contribution in [0.1, 0.15) is 18.1 Å². The molecule has 0 spiro atoms. The number of likely N-dealkylation sites (N-methyl/N-ethyl adjacent to an activating group) is 1. The van der Waals surface area contributed by atoms with E-state index in [-0.39, 0.29) is 35.3 Å². The van der Waals surface area contributed by atoms with Gasteiger partial charge in [-0.05, 0) is 48.4 Å². The zero-order chi connectivity index (χ0) is 28.6. The number of benzene rings is 3. The monoisotopic (exact) mass is 591 g/mol. The Morgan fingerprint density at radius 3 is 2.23 bits per heavy atom. The molecule has 1 atom stereocenters. The van der Waals surface area contributed by atoms with Crippen molar-refractivity contribution in [3.05, 3.63) is 94.0 Å². The van der Waals surface area contributed by atoms with Crippen molar-refractivity contribution in [3.8, 4) is 5.75 Å². The number of hydrogen-bond acceptors (Lipinski definition) is 5. The molecule has 3 aromatic rings. The first-order valence-corrected chi connectivity index (χ1v) is 14.8. The third-order valence-electron chi connectivity index (χ3n) is 5.95. The average molecular weight is 593 g/mol. The van der Waals surface area contributed by atoms with Gasteiger partial charge in [-0.15, -0.1) is 0 Å². The lowest BCUT2D eigenvalue weighted by Gasteiger charge is -2.33. The summed E-state index contributed by atoms with van der Waals surface area (Å²) in [5, 5.41) is 3.55. The second kappa shape index (κ2) is 13.7. The molecule has 0 aromatic heterocycles.